The van der Waals surface area contributed by atoms with Crippen LogP contribution >= 0.6 is 0 Å². The maximum absolute atomic E-state index is 12.7. The van der Waals surface area contributed by atoms with E-state index in [2.05, 4.69) is 26.1 Å². The van der Waals surface area contributed by atoms with Gasteiger partial charge in [0.1, 0.15) is 17.2 Å². The molecule has 12 nitrogen and oxygen atoms in total. The van der Waals surface area contributed by atoms with Gasteiger partial charge in [-0.05, 0) is 48.5 Å². The predicted molar refractivity (Wildman–Crippen MR) is 124 cm³/mol. The number of hydrogen-bond acceptors (Lipinski definition) is 9. The number of urea groups is 1. The van der Waals surface area contributed by atoms with Crippen LogP contribution in [-0.4, -0.2) is 46.1 Å². The number of imide groups is 2. The Hall–Kier alpha value is -4.74. The Morgan fingerprint density at radius 2 is 1.56 bits per heavy atom. The van der Waals surface area contributed by atoms with Gasteiger partial charge in [0.25, 0.3) is 17.4 Å². The molecule has 2 aromatic carbocycles. The van der Waals surface area contributed by atoms with Gasteiger partial charge in [-0.3, -0.25) is 25.0 Å². The number of amides is 5. The second kappa shape index (κ2) is 10.3. The lowest BCUT2D eigenvalue weighted by molar-refractivity contribution is -0.152. The van der Waals surface area contributed by atoms with Crippen LogP contribution in [0.15, 0.2) is 59.3 Å². The molecule has 1 aromatic heterocycles. The number of aromatic nitrogens is 2. The molecule has 0 atom stereocenters. The third-order valence-corrected chi connectivity index (χ3v) is 5.30. The fourth-order valence-electron chi connectivity index (χ4n) is 3.36. The maximum Gasteiger partial charge on any atom is 0.328 e. The normalized spacial score (nSPS) is 14.7. The average Bonchev–Trinajstić information content (AvgIpc) is 3.39. The zero-order chi connectivity index (χ0) is 25.7. The molecule has 0 radical (unpaired) electrons. The molecule has 1 fully saturated rings. The lowest BCUT2D eigenvalue weighted by Crippen LogP contribution is -2.69. The van der Waals surface area contributed by atoms with Crippen LogP contribution in [0.4, 0.5) is 4.79 Å². The van der Waals surface area contributed by atoms with Crippen LogP contribution in [0.3, 0.4) is 0 Å². The highest BCUT2D eigenvalue weighted by atomic mass is 16.5. The molecule has 0 aliphatic carbocycles. The lowest BCUT2D eigenvalue weighted by Gasteiger charge is -2.34. The Morgan fingerprint density at radius 1 is 0.972 bits per heavy atom. The second-order valence-corrected chi connectivity index (χ2v) is 8.20. The lowest BCUT2D eigenvalue weighted by atomic mass is 9.95. The molecule has 3 aromatic rings. The molecule has 0 bridgehead atoms. The molecule has 1 aliphatic rings. The van der Waals surface area contributed by atoms with Crippen LogP contribution in [0.25, 0.3) is 11.5 Å². The summed E-state index contributed by atoms with van der Waals surface area (Å²) in [6.45, 7) is 3.41. The minimum absolute atomic E-state index is 0.0210. The number of carbonyl (C=O) groups excluding carboxylic acids is 4. The van der Waals surface area contributed by atoms with Crippen LogP contribution in [0, 0.1) is 5.92 Å². The predicted octanol–water partition coefficient (Wildman–Crippen LogP) is 2.17. The summed E-state index contributed by atoms with van der Waals surface area (Å²) < 4.78 is 16.8. The number of nitrogens with one attached hydrogen (secondary N) is 3. The van der Waals surface area contributed by atoms with E-state index in [0.29, 0.717) is 17.4 Å². The summed E-state index contributed by atoms with van der Waals surface area (Å²) >= 11 is 0. The largest absolute Gasteiger partial charge is 0.467 e. The Morgan fingerprint density at radius 3 is 2.11 bits per heavy atom. The minimum Gasteiger partial charge on any atom is -0.467 e. The molecule has 0 spiro atoms. The van der Waals surface area contributed by atoms with Gasteiger partial charge < -0.3 is 19.2 Å². The first-order chi connectivity index (χ1) is 17.3. The van der Waals surface area contributed by atoms with E-state index in [-0.39, 0.29) is 30.5 Å². The number of rotatable bonds is 9. The molecule has 0 saturated carbocycles. The molecule has 4 rings (SSSR count). The van der Waals surface area contributed by atoms with Gasteiger partial charge in [-0.2, -0.15) is 0 Å². The third kappa shape index (κ3) is 5.32. The van der Waals surface area contributed by atoms with Gasteiger partial charge in [0.05, 0.1) is 0 Å². The standard InChI is InChI=1S/C24H23N5O7/c1-14(2)19(30)25-12-11-24(21(31)27-23(33)28-22(24)32)36-18-9-7-17(8-10-18)35-16-5-3-15(4-6-16)20-29-26-13-34-20/h3-10,13-14H,11-12H2,1-2H3,(H,25,30)(H2,27,28,31,32,33). The van der Waals surface area contributed by atoms with Crippen molar-refractivity contribution in [2.75, 3.05) is 6.54 Å². The molecule has 0 unspecified atom stereocenters. The van der Waals surface area contributed by atoms with Crippen LogP contribution < -0.4 is 25.4 Å². The van der Waals surface area contributed by atoms with E-state index in [1.165, 1.54) is 18.5 Å². The smallest absolute Gasteiger partial charge is 0.328 e. The van der Waals surface area contributed by atoms with Crippen molar-refractivity contribution in [3.8, 4) is 28.7 Å². The molecule has 186 valence electrons. The van der Waals surface area contributed by atoms with Gasteiger partial charge in [-0.15, -0.1) is 10.2 Å². The summed E-state index contributed by atoms with van der Waals surface area (Å²) in [4.78, 5) is 48.9. The summed E-state index contributed by atoms with van der Waals surface area (Å²) in [5, 5.41) is 14.2. The van der Waals surface area contributed by atoms with E-state index in [4.69, 9.17) is 13.9 Å². The number of hydrogen-bond donors (Lipinski definition) is 3. The fourth-order valence-corrected chi connectivity index (χ4v) is 3.36. The number of barbiturate groups is 1. The average molecular weight is 493 g/mol. The Bertz CT molecular complexity index is 1240. The van der Waals surface area contributed by atoms with Crippen LogP contribution in [0.2, 0.25) is 0 Å². The van der Waals surface area contributed by atoms with Crippen molar-refractivity contribution in [1.82, 2.24) is 26.1 Å². The van der Waals surface area contributed by atoms with Crippen molar-refractivity contribution in [2.45, 2.75) is 25.9 Å². The number of benzene rings is 2. The summed E-state index contributed by atoms with van der Waals surface area (Å²) in [5.74, 6) is -0.771. The van der Waals surface area contributed by atoms with E-state index >= 15 is 0 Å². The highest BCUT2D eigenvalue weighted by Crippen LogP contribution is 2.29. The minimum atomic E-state index is -2.05. The van der Waals surface area contributed by atoms with Crippen molar-refractivity contribution in [1.29, 1.82) is 0 Å². The Balaban J connectivity index is 1.46. The molecule has 5 amide bonds. The van der Waals surface area contributed by atoms with E-state index < -0.39 is 23.4 Å². The molecular formula is C24H23N5O7. The summed E-state index contributed by atoms with van der Waals surface area (Å²) in [6.07, 6.45) is 1.05. The molecule has 1 aliphatic heterocycles. The monoisotopic (exact) mass is 493 g/mol. The van der Waals surface area contributed by atoms with Gasteiger partial charge >= 0.3 is 6.03 Å². The van der Waals surface area contributed by atoms with E-state index in [0.717, 1.165) is 5.56 Å². The Labute approximate surface area is 205 Å². The number of carbonyl (C=O) groups is 4. The van der Waals surface area contributed by atoms with Crippen molar-refractivity contribution in [2.24, 2.45) is 5.92 Å². The second-order valence-electron chi connectivity index (χ2n) is 8.20. The first-order valence-electron chi connectivity index (χ1n) is 11.0. The summed E-state index contributed by atoms with van der Waals surface area (Å²) in [6, 6.07) is 12.3. The van der Waals surface area contributed by atoms with E-state index in [9.17, 15) is 19.2 Å². The molecule has 1 saturated heterocycles. The maximum atomic E-state index is 12.7. The van der Waals surface area contributed by atoms with E-state index in [1.807, 2.05) is 0 Å². The molecule has 2 heterocycles. The van der Waals surface area contributed by atoms with Crippen molar-refractivity contribution >= 4 is 23.8 Å². The highest BCUT2D eigenvalue weighted by Gasteiger charge is 2.52. The first-order valence-corrected chi connectivity index (χ1v) is 11.0. The van der Waals surface area contributed by atoms with Gasteiger partial charge in [0, 0.05) is 24.4 Å². The number of ether oxygens (including phenoxy) is 2. The van der Waals surface area contributed by atoms with E-state index in [1.54, 1.807) is 50.2 Å². The molecule has 3 N–H and O–H groups in total. The molecule has 12 heteroatoms. The van der Waals surface area contributed by atoms with Crippen LogP contribution in [0.5, 0.6) is 17.2 Å². The van der Waals surface area contributed by atoms with Gasteiger partial charge in [-0.25, -0.2) is 4.79 Å². The van der Waals surface area contributed by atoms with Gasteiger partial charge in [0.15, 0.2) is 0 Å². The van der Waals surface area contributed by atoms with Crippen LogP contribution in [0.1, 0.15) is 20.3 Å². The topological polar surface area (TPSA) is 162 Å². The first kappa shape index (κ1) is 24.4. The third-order valence-electron chi connectivity index (χ3n) is 5.30. The van der Waals surface area contributed by atoms with Crippen LogP contribution in [-0.2, 0) is 14.4 Å². The van der Waals surface area contributed by atoms with Gasteiger partial charge in [-0.1, -0.05) is 13.8 Å². The zero-order valence-electron chi connectivity index (χ0n) is 19.4. The Kier molecular flexibility index (Phi) is 6.95. The molecular weight excluding hydrogens is 470 g/mol. The quantitative estimate of drug-likeness (QED) is 0.379. The summed E-state index contributed by atoms with van der Waals surface area (Å²) in [7, 11) is 0. The van der Waals surface area contributed by atoms with Crippen molar-refractivity contribution in [3.05, 3.63) is 54.9 Å². The summed E-state index contributed by atoms with van der Waals surface area (Å²) in [5.41, 5.74) is -1.31. The highest BCUT2D eigenvalue weighted by molar-refractivity contribution is 6.21. The fraction of sp³-hybridized carbons (Fsp3) is 0.250. The number of nitrogens with zero attached hydrogens (tertiary/aromatic N) is 2. The van der Waals surface area contributed by atoms with Crippen molar-refractivity contribution in [3.63, 3.8) is 0 Å². The molecule has 36 heavy (non-hydrogen) atoms. The van der Waals surface area contributed by atoms with Crippen molar-refractivity contribution < 1.29 is 33.1 Å². The zero-order valence-corrected chi connectivity index (χ0v) is 19.4. The SMILES string of the molecule is CC(C)C(=O)NCCC1(Oc2ccc(Oc3ccc(-c4nnco4)cc3)cc2)C(=O)NC(=O)NC1=O. The van der Waals surface area contributed by atoms with Gasteiger partial charge in [0.2, 0.25) is 18.2 Å².